The predicted octanol–water partition coefficient (Wildman–Crippen LogP) is 3.54. The Morgan fingerprint density at radius 3 is 2.29 bits per heavy atom. The Bertz CT molecular complexity index is 292. The molecule has 1 radical (unpaired) electrons. The van der Waals surface area contributed by atoms with Gasteiger partial charge in [0, 0.05) is 11.7 Å². The van der Waals surface area contributed by atoms with E-state index in [1.807, 2.05) is 0 Å². The highest BCUT2D eigenvalue weighted by Gasteiger charge is 2.27. The van der Waals surface area contributed by atoms with Crippen LogP contribution >= 0.6 is 0 Å². The van der Waals surface area contributed by atoms with Crippen molar-refractivity contribution in [3.05, 3.63) is 35.9 Å². The summed E-state index contributed by atoms with van der Waals surface area (Å²) in [5.41, 5.74) is 2.68. The van der Waals surface area contributed by atoms with Crippen molar-refractivity contribution in [2.45, 2.75) is 39.7 Å². The van der Waals surface area contributed by atoms with Gasteiger partial charge in [-0.15, -0.1) is 0 Å². The zero-order valence-corrected chi connectivity index (χ0v) is 9.25. The van der Waals surface area contributed by atoms with E-state index in [1.165, 1.54) is 30.1 Å². The van der Waals surface area contributed by atoms with Gasteiger partial charge in [0.15, 0.2) is 0 Å². The van der Waals surface area contributed by atoms with Gasteiger partial charge in [0.2, 0.25) is 0 Å². The Morgan fingerprint density at radius 2 is 1.79 bits per heavy atom. The average molecular weight is 188 g/mol. The van der Waals surface area contributed by atoms with Crippen LogP contribution in [0, 0.1) is 13.0 Å². The monoisotopic (exact) mass is 188 g/mol. The SMILES string of the molecule is C[C]1CCC(C)N1c1ccc(C)cc1. The molecule has 1 nitrogen and oxygen atoms in total. The maximum atomic E-state index is 2.46. The van der Waals surface area contributed by atoms with E-state index in [2.05, 4.69) is 49.9 Å². The van der Waals surface area contributed by atoms with Gasteiger partial charge in [0.1, 0.15) is 0 Å². The largest absolute Gasteiger partial charge is 0.361 e. The number of aryl methyl sites for hydroxylation is 1. The van der Waals surface area contributed by atoms with Crippen LogP contribution in [0.25, 0.3) is 0 Å². The van der Waals surface area contributed by atoms with Gasteiger partial charge in [0.25, 0.3) is 0 Å². The van der Waals surface area contributed by atoms with Gasteiger partial charge in [-0.05, 0) is 45.7 Å². The molecule has 14 heavy (non-hydrogen) atoms. The summed E-state index contributed by atoms with van der Waals surface area (Å²) in [6.07, 6.45) is 2.54. The second-order valence-electron chi connectivity index (χ2n) is 4.33. The van der Waals surface area contributed by atoms with Crippen molar-refractivity contribution >= 4 is 5.69 Å². The topological polar surface area (TPSA) is 3.24 Å². The molecule has 1 aliphatic heterocycles. The standard InChI is InChI=1S/C13H18N/c1-10-4-8-13(9-5-10)14-11(2)6-7-12(14)3/h4-5,8-9,11H,6-7H2,1-3H3. The minimum atomic E-state index is 0.665. The molecule has 1 unspecified atom stereocenters. The van der Waals surface area contributed by atoms with Crippen molar-refractivity contribution < 1.29 is 0 Å². The predicted molar refractivity (Wildman–Crippen MR) is 61.3 cm³/mol. The van der Waals surface area contributed by atoms with Crippen LogP contribution in [0.4, 0.5) is 5.69 Å². The fourth-order valence-electron chi connectivity index (χ4n) is 2.22. The molecule has 0 aliphatic carbocycles. The van der Waals surface area contributed by atoms with Crippen molar-refractivity contribution in [2.24, 2.45) is 0 Å². The molecule has 2 rings (SSSR count). The highest BCUT2D eigenvalue weighted by atomic mass is 15.2. The summed E-state index contributed by atoms with van der Waals surface area (Å²) in [7, 11) is 0. The normalized spacial score (nSPS) is 23.1. The Hall–Kier alpha value is -0.980. The lowest BCUT2D eigenvalue weighted by atomic mass is 10.2. The van der Waals surface area contributed by atoms with E-state index >= 15 is 0 Å². The lowest BCUT2D eigenvalue weighted by Gasteiger charge is -2.28. The quantitative estimate of drug-likeness (QED) is 0.651. The summed E-state index contributed by atoms with van der Waals surface area (Å²) in [6, 6.07) is 11.0. The third kappa shape index (κ3) is 1.63. The van der Waals surface area contributed by atoms with Crippen LogP contribution in [0.3, 0.4) is 0 Å². The molecule has 1 saturated heterocycles. The molecule has 1 aromatic carbocycles. The Morgan fingerprint density at radius 1 is 1.14 bits per heavy atom. The zero-order valence-electron chi connectivity index (χ0n) is 9.25. The van der Waals surface area contributed by atoms with Gasteiger partial charge in [-0.25, -0.2) is 0 Å². The minimum Gasteiger partial charge on any atom is -0.361 e. The summed E-state index contributed by atoms with van der Waals surface area (Å²) >= 11 is 0. The number of benzene rings is 1. The van der Waals surface area contributed by atoms with E-state index < -0.39 is 0 Å². The first kappa shape index (κ1) is 9.57. The fraction of sp³-hybridized carbons (Fsp3) is 0.462. The van der Waals surface area contributed by atoms with E-state index in [0.29, 0.717) is 6.04 Å². The minimum absolute atomic E-state index is 0.665. The van der Waals surface area contributed by atoms with E-state index in [-0.39, 0.29) is 0 Å². The van der Waals surface area contributed by atoms with Crippen LogP contribution in [-0.2, 0) is 0 Å². The summed E-state index contributed by atoms with van der Waals surface area (Å²) < 4.78 is 0. The third-order valence-corrected chi connectivity index (χ3v) is 3.09. The second-order valence-corrected chi connectivity index (χ2v) is 4.33. The van der Waals surface area contributed by atoms with Crippen LogP contribution in [0.1, 0.15) is 32.3 Å². The summed E-state index contributed by atoms with van der Waals surface area (Å²) in [6.45, 7) is 6.67. The van der Waals surface area contributed by atoms with E-state index in [4.69, 9.17) is 0 Å². The zero-order chi connectivity index (χ0) is 10.1. The van der Waals surface area contributed by atoms with Gasteiger partial charge >= 0.3 is 0 Å². The molecular formula is C13H18N. The lowest BCUT2D eigenvalue weighted by Crippen LogP contribution is -2.27. The first-order valence-corrected chi connectivity index (χ1v) is 5.37. The molecule has 1 atom stereocenters. The fourth-order valence-corrected chi connectivity index (χ4v) is 2.22. The Kier molecular flexibility index (Phi) is 2.49. The van der Waals surface area contributed by atoms with Crippen molar-refractivity contribution in [1.82, 2.24) is 0 Å². The first-order valence-electron chi connectivity index (χ1n) is 5.37. The summed E-state index contributed by atoms with van der Waals surface area (Å²) in [5, 5.41) is 0. The molecule has 0 bridgehead atoms. The molecule has 0 spiro atoms. The van der Waals surface area contributed by atoms with Crippen LogP contribution in [0.5, 0.6) is 0 Å². The maximum absolute atomic E-state index is 2.46. The Balaban J connectivity index is 2.25. The van der Waals surface area contributed by atoms with E-state index in [0.717, 1.165) is 0 Å². The molecule has 1 heteroatoms. The number of anilines is 1. The second kappa shape index (κ2) is 3.64. The molecule has 0 N–H and O–H groups in total. The van der Waals surface area contributed by atoms with Crippen molar-refractivity contribution in [3.8, 4) is 0 Å². The van der Waals surface area contributed by atoms with Crippen molar-refractivity contribution in [2.75, 3.05) is 4.90 Å². The van der Waals surface area contributed by atoms with Crippen molar-refractivity contribution in [3.63, 3.8) is 0 Å². The van der Waals surface area contributed by atoms with Gasteiger partial charge in [0.05, 0.1) is 6.04 Å². The van der Waals surface area contributed by atoms with E-state index in [9.17, 15) is 0 Å². The number of hydrogen-bond acceptors (Lipinski definition) is 1. The molecular weight excluding hydrogens is 170 g/mol. The third-order valence-electron chi connectivity index (χ3n) is 3.09. The van der Waals surface area contributed by atoms with Crippen LogP contribution in [0.15, 0.2) is 24.3 Å². The van der Waals surface area contributed by atoms with Crippen molar-refractivity contribution in [1.29, 1.82) is 0 Å². The van der Waals surface area contributed by atoms with Gasteiger partial charge in [-0.2, -0.15) is 0 Å². The van der Waals surface area contributed by atoms with Gasteiger partial charge in [-0.3, -0.25) is 0 Å². The molecule has 1 aromatic rings. The molecule has 1 fully saturated rings. The Labute approximate surface area is 86.7 Å². The average Bonchev–Trinajstić information content (AvgIpc) is 2.49. The lowest BCUT2D eigenvalue weighted by molar-refractivity contribution is 0.734. The summed E-state index contributed by atoms with van der Waals surface area (Å²) in [5.74, 6) is 0. The molecule has 0 aromatic heterocycles. The van der Waals surface area contributed by atoms with Gasteiger partial charge in [-0.1, -0.05) is 17.7 Å². The highest BCUT2D eigenvalue weighted by molar-refractivity contribution is 5.53. The molecule has 75 valence electrons. The smallest absolute Gasteiger partial charge is 0.0606 e. The molecule has 0 saturated carbocycles. The number of hydrogen-bond donors (Lipinski definition) is 0. The highest BCUT2D eigenvalue weighted by Crippen LogP contribution is 2.34. The molecule has 0 amide bonds. The number of rotatable bonds is 1. The van der Waals surface area contributed by atoms with E-state index in [1.54, 1.807) is 0 Å². The molecule has 1 heterocycles. The number of nitrogens with zero attached hydrogens (tertiary/aromatic N) is 1. The summed E-state index contributed by atoms with van der Waals surface area (Å²) in [4.78, 5) is 2.46. The van der Waals surface area contributed by atoms with Crippen LogP contribution < -0.4 is 4.90 Å². The van der Waals surface area contributed by atoms with Gasteiger partial charge < -0.3 is 4.90 Å². The maximum Gasteiger partial charge on any atom is 0.0606 e. The van der Waals surface area contributed by atoms with Crippen LogP contribution in [0.2, 0.25) is 0 Å². The first-order chi connectivity index (χ1) is 6.68. The van der Waals surface area contributed by atoms with Crippen LogP contribution in [-0.4, -0.2) is 6.04 Å². The molecule has 1 aliphatic rings.